The maximum Gasteiger partial charge on any atom is 0.125 e. The predicted octanol–water partition coefficient (Wildman–Crippen LogP) is 4.96. The third-order valence-corrected chi connectivity index (χ3v) is 4.02. The van der Waals surface area contributed by atoms with Gasteiger partial charge in [0.15, 0.2) is 0 Å². The fourth-order valence-corrected chi connectivity index (χ4v) is 2.73. The maximum atomic E-state index is 6.31. The highest BCUT2D eigenvalue weighted by atomic mass is 35.5. The lowest BCUT2D eigenvalue weighted by Crippen LogP contribution is -2.19. The Morgan fingerprint density at radius 1 is 0.870 bits per heavy atom. The van der Waals surface area contributed by atoms with Gasteiger partial charge in [0, 0.05) is 0 Å². The number of para-hydroxylation sites is 1. The number of fused-ring (bicyclic) bond motifs is 1. The van der Waals surface area contributed by atoms with E-state index in [9.17, 15) is 0 Å². The normalized spacial score (nSPS) is 11.8. The topological polar surface area (TPSA) is 35.2 Å². The Morgan fingerprint density at radius 3 is 2.22 bits per heavy atom. The van der Waals surface area contributed by atoms with Gasteiger partial charge in [0.25, 0.3) is 0 Å². The molecule has 0 bridgehead atoms. The molecule has 0 saturated heterocycles. The van der Waals surface area contributed by atoms with Crippen LogP contribution in [-0.2, 0) is 0 Å². The fraction of sp³-hybridized carbons (Fsp3) is 0.200. The average molecular weight is 328 g/mol. The van der Waals surface area contributed by atoms with E-state index in [2.05, 4.69) is 56.3 Å². The molecule has 23 heavy (non-hydrogen) atoms. The number of ether oxygens (including phenoxy) is 1. The zero-order valence-electron chi connectivity index (χ0n) is 13.5. The van der Waals surface area contributed by atoms with Crippen molar-refractivity contribution in [3.05, 3.63) is 77.4 Å². The van der Waals surface area contributed by atoms with E-state index in [1.807, 2.05) is 18.2 Å². The lowest BCUT2D eigenvalue weighted by atomic mass is 10.0. The Hall–Kier alpha value is -2.03. The summed E-state index contributed by atoms with van der Waals surface area (Å²) >= 11 is 0. The number of hydrogen-bond donors (Lipinski definition) is 1. The first-order chi connectivity index (χ1) is 10.6. The van der Waals surface area contributed by atoms with Crippen LogP contribution in [0, 0.1) is 13.8 Å². The summed E-state index contributed by atoms with van der Waals surface area (Å²) in [6.45, 7) is 4.60. The molecule has 3 rings (SSSR count). The van der Waals surface area contributed by atoms with Crippen molar-refractivity contribution < 1.29 is 4.74 Å². The van der Waals surface area contributed by atoms with E-state index in [-0.39, 0.29) is 18.4 Å². The van der Waals surface area contributed by atoms with E-state index in [4.69, 9.17) is 10.5 Å². The van der Waals surface area contributed by atoms with Crippen molar-refractivity contribution in [1.82, 2.24) is 0 Å². The van der Waals surface area contributed by atoms with E-state index in [1.165, 1.54) is 10.8 Å². The minimum atomic E-state index is -0.136. The molecule has 0 amide bonds. The summed E-state index contributed by atoms with van der Waals surface area (Å²) in [6, 6.07) is 20.7. The summed E-state index contributed by atoms with van der Waals surface area (Å²) < 4.78 is 5.97. The van der Waals surface area contributed by atoms with Crippen molar-refractivity contribution in [2.45, 2.75) is 19.9 Å². The van der Waals surface area contributed by atoms with Crippen molar-refractivity contribution in [2.75, 3.05) is 6.61 Å². The first kappa shape index (κ1) is 17.3. The van der Waals surface area contributed by atoms with Gasteiger partial charge in [0.05, 0.1) is 6.04 Å². The zero-order valence-corrected chi connectivity index (χ0v) is 14.3. The minimum absolute atomic E-state index is 0. The lowest BCUT2D eigenvalue weighted by molar-refractivity contribution is 0.287. The van der Waals surface area contributed by atoms with Gasteiger partial charge in [-0.25, -0.2) is 0 Å². The first-order valence-electron chi connectivity index (χ1n) is 7.58. The highest BCUT2D eigenvalue weighted by Crippen LogP contribution is 2.24. The fourth-order valence-electron chi connectivity index (χ4n) is 2.73. The third kappa shape index (κ3) is 3.84. The molecule has 2 nitrogen and oxygen atoms in total. The summed E-state index contributed by atoms with van der Waals surface area (Å²) in [5, 5.41) is 2.44. The molecule has 120 valence electrons. The first-order valence-corrected chi connectivity index (χ1v) is 7.58. The quantitative estimate of drug-likeness (QED) is 0.735. The number of rotatable bonds is 4. The Bertz CT molecular complexity index is 780. The molecule has 0 fully saturated rings. The number of aryl methyl sites for hydroxylation is 2. The molecular formula is C20H22ClNO. The molecule has 0 aliphatic carbocycles. The van der Waals surface area contributed by atoms with Crippen molar-refractivity contribution in [3.8, 4) is 5.75 Å². The van der Waals surface area contributed by atoms with Crippen molar-refractivity contribution in [2.24, 2.45) is 5.73 Å². The van der Waals surface area contributed by atoms with Crippen molar-refractivity contribution in [3.63, 3.8) is 0 Å². The minimum Gasteiger partial charge on any atom is -0.491 e. The van der Waals surface area contributed by atoms with Gasteiger partial charge in [-0.3, -0.25) is 0 Å². The Kier molecular flexibility index (Phi) is 5.64. The van der Waals surface area contributed by atoms with Crippen LogP contribution in [0.5, 0.6) is 5.75 Å². The van der Waals surface area contributed by atoms with Crippen LogP contribution in [0.25, 0.3) is 10.8 Å². The predicted molar refractivity (Wildman–Crippen MR) is 99.5 cm³/mol. The Morgan fingerprint density at radius 2 is 1.52 bits per heavy atom. The monoisotopic (exact) mass is 327 g/mol. The number of benzene rings is 3. The van der Waals surface area contributed by atoms with Crippen LogP contribution in [0.2, 0.25) is 0 Å². The second kappa shape index (κ2) is 7.49. The number of nitrogens with two attached hydrogens (primary N) is 1. The SMILES string of the molecule is Cc1cccc(C)c1OCC(N)c1ccc2ccccc2c1.Cl. The van der Waals surface area contributed by atoms with Gasteiger partial charge in [0.2, 0.25) is 0 Å². The van der Waals surface area contributed by atoms with E-state index in [1.54, 1.807) is 0 Å². The molecule has 3 heteroatoms. The highest BCUT2D eigenvalue weighted by molar-refractivity contribution is 5.85. The van der Waals surface area contributed by atoms with Gasteiger partial charge in [-0.1, -0.05) is 54.6 Å². The van der Waals surface area contributed by atoms with Crippen LogP contribution in [-0.4, -0.2) is 6.61 Å². The van der Waals surface area contributed by atoms with E-state index in [0.29, 0.717) is 6.61 Å². The van der Waals surface area contributed by atoms with Crippen LogP contribution in [0.1, 0.15) is 22.7 Å². The molecule has 0 aromatic heterocycles. The van der Waals surface area contributed by atoms with Gasteiger partial charge >= 0.3 is 0 Å². The average Bonchev–Trinajstić information content (AvgIpc) is 2.53. The molecule has 0 saturated carbocycles. The van der Waals surface area contributed by atoms with Crippen molar-refractivity contribution >= 4 is 23.2 Å². The third-order valence-electron chi connectivity index (χ3n) is 4.02. The largest absolute Gasteiger partial charge is 0.491 e. The van der Waals surface area contributed by atoms with E-state index >= 15 is 0 Å². The van der Waals surface area contributed by atoms with Crippen LogP contribution in [0.3, 0.4) is 0 Å². The molecule has 3 aromatic carbocycles. The van der Waals surface area contributed by atoms with Crippen LogP contribution in [0.4, 0.5) is 0 Å². The Balaban J connectivity index is 0.00000192. The van der Waals surface area contributed by atoms with Gasteiger partial charge in [-0.2, -0.15) is 0 Å². The summed E-state index contributed by atoms with van der Waals surface area (Å²) in [6.07, 6.45) is 0. The second-order valence-corrected chi connectivity index (χ2v) is 5.75. The van der Waals surface area contributed by atoms with E-state index in [0.717, 1.165) is 22.4 Å². The number of hydrogen-bond acceptors (Lipinski definition) is 2. The van der Waals surface area contributed by atoms with Gasteiger partial charge in [0.1, 0.15) is 12.4 Å². The van der Waals surface area contributed by atoms with Crippen LogP contribution in [0.15, 0.2) is 60.7 Å². The second-order valence-electron chi connectivity index (χ2n) is 5.75. The maximum absolute atomic E-state index is 6.31. The number of halogens is 1. The summed E-state index contributed by atoms with van der Waals surface area (Å²) in [7, 11) is 0. The lowest BCUT2D eigenvalue weighted by Gasteiger charge is -2.17. The summed E-state index contributed by atoms with van der Waals surface area (Å²) in [5.41, 5.74) is 9.70. The molecule has 3 aromatic rings. The standard InChI is InChI=1S/C20H21NO.ClH/c1-14-6-5-7-15(2)20(14)22-13-19(21)18-11-10-16-8-3-4-9-17(16)12-18;/h3-12,19H,13,21H2,1-2H3;1H. The molecule has 1 atom stereocenters. The molecule has 0 aliphatic rings. The molecule has 0 radical (unpaired) electrons. The molecule has 0 spiro atoms. The molecule has 1 unspecified atom stereocenters. The zero-order chi connectivity index (χ0) is 15.5. The highest BCUT2D eigenvalue weighted by Gasteiger charge is 2.10. The van der Waals surface area contributed by atoms with Gasteiger partial charge < -0.3 is 10.5 Å². The Labute approximate surface area is 143 Å². The van der Waals surface area contributed by atoms with Crippen molar-refractivity contribution in [1.29, 1.82) is 0 Å². The molecule has 0 aliphatic heterocycles. The smallest absolute Gasteiger partial charge is 0.125 e. The summed E-state index contributed by atoms with van der Waals surface area (Å²) in [5.74, 6) is 0.943. The van der Waals surface area contributed by atoms with E-state index < -0.39 is 0 Å². The molecule has 2 N–H and O–H groups in total. The molecular weight excluding hydrogens is 306 g/mol. The van der Waals surface area contributed by atoms with Crippen LogP contribution >= 0.6 is 12.4 Å². The van der Waals surface area contributed by atoms with Crippen LogP contribution < -0.4 is 10.5 Å². The summed E-state index contributed by atoms with van der Waals surface area (Å²) in [4.78, 5) is 0. The van der Waals surface area contributed by atoms with Gasteiger partial charge in [-0.15, -0.1) is 12.4 Å². The molecule has 0 heterocycles. The van der Waals surface area contributed by atoms with Gasteiger partial charge in [-0.05, 0) is 47.4 Å².